The molecule has 0 aliphatic rings. The number of rotatable bonds is 6. The van der Waals surface area contributed by atoms with Crippen LogP contribution in [0.4, 0.5) is 5.95 Å². The first-order valence-electron chi connectivity index (χ1n) is 6.34. The van der Waals surface area contributed by atoms with Crippen LogP contribution in [0, 0.1) is 0 Å². The molecule has 0 aliphatic carbocycles. The molecule has 0 spiro atoms. The van der Waals surface area contributed by atoms with Crippen molar-refractivity contribution >= 4 is 17.5 Å². The van der Waals surface area contributed by atoms with Crippen LogP contribution < -0.4 is 14.8 Å². The van der Waals surface area contributed by atoms with E-state index in [1.807, 2.05) is 31.2 Å². The number of nitrogens with one attached hydrogen (secondary N) is 1. The molecule has 1 N–H and O–H groups in total. The van der Waals surface area contributed by atoms with E-state index in [9.17, 15) is 0 Å². The van der Waals surface area contributed by atoms with E-state index in [2.05, 4.69) is 15.3 Å². The van der Waals surface area contributed by atoms with Crippen LogP contribution in [0.25, 0.3) is 0 Å². The summed E-state index contributed by atoms with van der Waals surface area (Å²) >= 11 is 6.04. The first kappa shape index (κ1) is 14.4. The number of para-hydroxylation sites is 2. The van der Waals surface area contributed by atoms with Gasteiger partial charge in [-0.05, 0) is 18.6 Å². The van der Waals surface area contributed by atoms with Gasteiger partial charge in [0.05, 0.1) is 12.8 Å². The summed E-state index contributed by atoms with van der Waals surface area (Å²) in [6.45, 7) is 2.67. The van der Waals surface area contributed by atoms with Gasteiger partial charge in [0.1, 0.15) is 5.02 Å². The average Bonchev–Trinajstić information content (AvgIpc) is 2.48. The molecule has 20 heavy (non-hydrogen) atoms. The van der Waals surface area contributed by atoms with Crippen LogP contribution in [0.1, 0.15) is 13.3 Å². The maximum Gasteiger partial charge on any atom is 0.243 e. The molecule has 1 aromatic carbocycles. The molecule has 2 aromatic rings. The Morgan fingerprint density at radius 3 is 2.70 bits per heavy atom. The summed E-state index contributed by atoms with van der Waals surface area (Å²) in [4.78, 5) is 8.18. The number of hydrogen-bond donors (Lipinski definition) is 1. The molecule has 0 atom stereocenters. The molecule has 0 amide bonds. The van der Waals surface area contributed by atoms with Crippen LogP contribution in [0.15, 0.2) is 30.5 Å². The summed E-state index contributed by atoms with van der Waals surface area (Å²) < 4.78 is 11.4. The summed E-state index contributed by atoms with van der Waals surface area (Å²) in [5.41, 5.74) is 0. The van der Waals surface area contributed by atoms with Crippen molar-refractivity contribution in [3.63, 3.8) is 0 Å². The number of halogens is 1. The SMILES string of the molecule is CCCOc1ccccc1Oc1nc(NC)ncc1Cl. The maximum atomic E-state index is 6.04. The molecule has 106 valence electrons. The van der Waals surface area contributed by atoms with Gasteiger partial charge in [0.2, 0.25) is 11.8 Å². The van der Waals surface area contributed by atoms with Crippen LogP contribution in [0.2, 0.25) is 5.02 Å². The predicted molar refractivity (Wildman–Crippen MR) is 78.9 cm³/mol. The molecule has 0 saturated heterocycles. The normalized spacial score (nSPS) is 10.2. The number of anilines is 1. The van der Waals surface area contributed by atoms with Crippen molar-refractivity contribution in [2.24, 2.45) is 0 Å². The largest absolute Gasteiger partial charge is 0.490 e. The first-order chi connectivity index (χ1) is 9.74. The Morgan fingerprint density at radius 1 is 1.25 bits per heavy atom. The lowest BCUT2D eigenvalue weighted by molar-refractivity contribution is 0.301. The van der Waals surface area contributed by atoms with Gasteiger partial charge in [-0.2, -0.15) is 4.98 Å². The number of aromatic nitrogens is 2. The van der Waals surface area contributed by atoms with E-state index in [1.165, 1.54) is 6.20 Å². The fraction of sp³-hybridized carbons (Fsp3) is 0.286. The van der Waals surface area contributed by atoms with E-state index < -0.39 is 0 Å². The van der Waals surface area contributed by atoms with Crippen molar-refractivity contribution in [3.05, 3.63) is 35.5 Å². The zero-order valence-electron chi connectivity index (χ0n) is 11.4. The monoisotopic (exact) mass is 293 g/mol. The van der Waals surface area contributed by atoms with Crippen molar-refractivity contribution in [2.45, 2.75) is 13.3 Å². The summed E-state index contributed by atoms with van der Waals surface area (Å²) in [6.07, 6.45) is 2.41. The number of benzene rings is 1. The van der Waals surface area contributed by atoms with E-state index in [0.29, 0.717) is 35.0 Å². The predicted octanol–water partition coefficient (Wildman–Crippen LogP) is 3.75. The first-order valence-corrected chi connectivity index (χ1v) is 6.72. The standard InChI is InChI=1S/C14H16ClN3O2/c1-3-8-19-11-6-4-5-7-12(11)20-13-10(15)9-17-14(16-2)18-13/h4-7,9H,3,8H2,1-2H3,(H,16,17,18). The molecular weight excluding hydrogens is 278 g/mol. The van der Waals surface area contributed by atoms with E-state index in [4.69, 9.17) is 21.1 Å². The summed E-state index contributed by atoms with van der Waals surface area (Å²) in [5.74, 6) is 1.97. The zero-order valence-corrected chi connectivity index (χ0v) is 12.1. The third-order valence-corrected chi connectivity index (χ3v) is 2.71. The second-order valence-corrected chi connectivity index (χ2v) is 4.40. The van der Waals surface area contributed by atoms with Crippen molar-refractivity contribution in [1.82, 2.24) is 9.97 Å². The van der Waals surface area contributed by atoms with E-state index >= 15 is 0 Å². The fourth-order valence-corrected chi connectivity index (χ4v) is 1.64. The van der Waals surface area contributed by atoms with Gasteiger partial charge in [0.25, 0.3) is 0 Å². The minimum absolute atomic E-state index is 0.290. The van der Waals surface area contributed by atoms with Gasteiger partial charge >= 0.3 is 0 Å². The van der Waals surface area contributed by atoms with E-state index in [1.54, 1.807) is 7.05 Å². The average molecular weight is 294 g/mol. The molecule has 1 heterocycles. The van der Waals surface area contributed by atoms with Crippen LogP contribution in [-0.2, 0) is 0 Å². The summed E-state index contributed by atoms with van der Waals surface area (Å²) in [6, 6.07) is 7.40. The minimum atomic E-state index is 0.290. The zero-order chi connectivity index (χ0) is 14.4. The lowest BCUT2D eigenvalue weighted by Gasteiger charge is -2.12. The van der Waals surface area contributed by atoms with Gasteiger partial charge in [-0.3, -0.25) is 0 Å². The molecular formula is C14H16ClN3O2. The van der Waals surface area contributed by atoms with Gasteiger partial charge in [-0.25, -0.2) is 4.98 Å². The third-order valence-electron chi connectivity index (χ3n) is 2.45. The third kappa shape index (κ3) is 3.51. The molecule has 0 unspecified atom stereocenters. The van der Waals surface area contributed by atoms with Gasteiger partial charge < -0.3 is 14.8 Å². The second kappa shape index (κ2) is 6.96. The number of ether oxygens (including phenoxy) is 2. The fourth-order valence-electron chi connectivity index (χ4n) is 1.51. The van der Waals surface area contributed by atoms with Crippen molar-refractivity contribution in [3.8, 4) is 17.4 Å². The molecule has 0 radical (unpaired) electrons. The Hall–Kier alpha value is -2.01. The number of hydrogen-bond acceptors (Lipinski definition) is 5. The molecule has 0 fully saturated rings. The van der Waals surface area contributed by atoms with Crippen molar-refractivity contribution in [2.75, 3.05) is 19.0 Å². The summed E-state index contributed by atoms with van der Waals surface area (Å²) in [5, 5.41) is 3.18. The van der Waals surface area contributed by atoms with Gasteiger partial charge in [0.15, 0.2) is 11.5 Å². The summed E-state index contributed by atoms with van der Waals surface area (Å²) in [7, 11) is 1.73. The molecule has 1 aromatic heterocycles. The van der Waals surface area contributed by atoms with Crippen molar-refractivity contribution < 1.29 is 9.47 Å². The smallest absolute Gasteiger partial charge is 0.243 e. The second-order valence-electron chi connectivity index (χ2n) is 3.99. The quantitative estimate of drug-likeness (QED) is 0.879. The van der Waals surface area contributed by atoms with Crippen molar-refractivity contribution in [1.29, 1.82) is 0 Å². The molecule has 0 bridgehead atoms. The Kier molecular flexibility index (Phi) is 5.01. The molecule has 2 rings (SSSR count). The van der Waals surface area contributed by atoms with Gasteiger partial charge in [-0.1, -0.05) is 30.7 Å². The highest BCUT2D eigenvalue weighted by Gasteiger charge is 2.11. The Labute approximate surface area is 122 Å². The van der Waals surface area contributed by atoms with Crippen LogP contribution in [0.5, 0.6) is 17.4 Å². The lowest BCUT2D eigenvalue weighted by atomic mass is 10.3. The lowest BCUT2D eigenvalue weighted by Crippen LogP contribution is -2.00. The molecule has 6 heteroatoms. The molecule has 5 nitrogen and oxygen atoms in total. The molecule has 0 aliphatic heterocycles. The van der Waals surface area contributed by atoms with E-state index in [0.717, 1.165) is 6.42 Å². The minimum Gasteiger partial charge on any atom is -0.490 e. The number of nitrogens with zero attached hydrogens (tertiary/aromatic N) is 2. The maximum absolute atomic E-state index is 6.04. The highest BCUT2D eigenvalue weighted by Crippen LogP contribution is 2.33. The van der Waals surface area contributed by atoms with Gasteiger partial charge in [-0.15, -0.1) is 0 Å². The van der Waals surface area contributed by atoms with Gasteiger partial charge in [0, 0.05) is 7.05 Å². The highest BCUT2D eigenvalue weighted by atomic mass is 35.5. The van der Waals surface area contributed by atoms with E-state index in [-0.39, 0.29) is 0 Å². The van der Waals surface area contributed by atoms with Crippen LogP contribution in [-0.4, -0.2) is 23.6 Å². The highest BCUT2D eigenvalue weighted by molar-refractivity contribution is 6.31. The van der Waals surface area contributed by atoms with Crippen LogP contribution >= 0.6 is 11.6 Å². The van der Waals surface area contributed by atoms with Crippen LogP contribution in [0.3, 0.4) is 0 Å². The topological polar surface area (TPSA) is 56.3 Å². The Balaban J connectivity index is 2.25. The molecule has 0 saturated carbocycles. The Bertz CT molecular complexity index is 578. The Morgan fingerprint density at radius 2 is 2.00 bits per heavy atom.